The lowest BCUT2D eigenvalue weighted by Crippen LogP contribution is -2.38. The molecule has 1 fully saturated rings. The molecule has 6 nitrogen and oxygen atoms in total. The molecule has 0 unspecified atom stereocenters. The summed E-state index contributed by atoms with van der Waals surface area (Å²) < 4.78 is 48.3. The zero-order chi connectivity index (χ0) is 19.4. The summed E-state index contributed by atoms with van der Waals surface area (Å²) in [6, 6.07) is 5.16. The van der Waals surface area contributed by atoms with Crippen LogP contribution in [0, 0.1) is 0 Å². The van der Waals surface area contributed by atoms with Gasteiger partial charge in [-0.1, -0.05) is 0 Å². The summed E-state index contributed by atoms with van der Waals surface area (Å²) in [4.78, 5) is 21.3. The van der Waals surface area contributed by atoms with Crippen LogP contribution in [0.3, 0.4) is 0 Å². The number of hydrogen-bond acceptors (Lipinski definition) is 6. The Morgan fingerprint density at radius 1 is 1.11 bits per heavy atom. The summed E-state index contributed by atoms with van der Waals surface area (Å²) in [5.41, 5.74) is 0.198. The SMILES string of the molecule is COC(=O)c1cnc(OC2CCN(c3ccc(C(F)(F)F)cc3)CC2)cn1. The van der Waals surface area contributed by atoms with E-state index >= 15 is 0 Å². The van der Waals surface area contributed by atoms with Crippen molar-refractivity contribution in [3.8, 4) is 5.88 Å². The predicted octanol–water partition coefficient (Wildman–Crippen LogP) is 3.33. The highest BCUT2D eigenvalue weighted by atomic mass is 19.4. The third-order valence-electron chi connectivity index (χ3n) is 4.31. The van der Waals surface area contributed by atoms with Crippen molar-refractivity contribution in [1.29, 1.82) is 0 Å². The van der Waals surface area contributed by atoms with Gasteiger partial charge in [0.2, 0.25) is 5.88 Å². The summed E-state index contributed by atoms with van der Waals surface area (Å²) in [5, 5.41) is 0. The molecular formula is C18H18F3N3O3. The first-order chi connectivity index (χ1) is 12.9. The van der Waals surface area contributed by atoms with Crippen molar-refractivity contribution < 1.29 is 27.4 Å². The molecule has 0 saturated carbocycles. The number of ether oxygens (including phenoxy) is 2. The topological polar surface area (TPSA) is 64.6 Å². The maximum Gasteiger partial charge on any atom is 0.416 e. The number of carbonyl (C=O) groups is 1. The van der Waals surface area contributed by atoms with Crippen LogP contribution in [0.4, 0.5) is 18.9 Å². The molecule has 0 spiro atoms. The van der Waals surface area contributed by atoms with Gasteiger partial charge < -0.3 is 14.4 Å². The molecule has 3 rings (SSSR count). The van der Waals surface area contributed by atoms with Crippen LogP contribution in [0.25, 0.3) is 0 Å². The van der Waals surface area contributed by atoms with Gasteiger partial charge in [0.15, 0.2) is 5.69 Å². The number of alkyl halides is 3. The molecule has 1 aliphatic heterocycles. The lowest BCUT2D eigenvalue weighted by Gasteiger charge is -2.33. The Morgan fingerprint density at radius 3 is 2.30 bits per heavy atom. The number of hydrogen-bond donors (Lipinski definition) is 0. The van der Waals surface area contributed by atoms with Crippen LogP contribution in [-0.2, 0) is 10.9 Å². The van der Waals surface area contributed by atoms with Gasteiger partial charge in [-0.2, -0.15) is 13.2 Å². The number of carbonyl (C=O) groups excluding carboxylic acids is 1. The minimum absolute atomic E-state index is 0.0750. The molecule has 1 aromatic carbocycles. The molecule has 144 valence electrons. The van der Waals surface area contributed by atoms with E-state index < -0.39 is 17.7 Å². The highest BCUT2D eigenvalue weighted by Crippen LogP contribution is 2.31. The van der Waals surface area contributed by atoms with Gasteiger partial charge in [-0.05, 0) is 24.3 Å². The van der Waals surface area contributed by atoms with E-state index in [0.717, 1.165) is 17.8 Å². The quantitative estimate of drug-likeness (QED) is 0.757. The zero-order valence-electron chi connectivity index (χ0n) is 14.6. The van der Waals surface area contributed by atoms with Crippen LogP contribution < -0.4 is 9.64 Å². The minimum Gasteiger partial charge on any atom is -0.473 e. The molecule has 2 aromatic rings. The Morgan fingerprint density at radius 2 is 1.78 bits per heavy atom. The Bertz CT molecular complexity index is 771. The average Bonchev–Trinajstić information content (AvgIpc) is 2.68. The van der Waals surface area contributed by atoms with Crippen LogP contribution in [0.5, 0.6) is 5.88 Å². The second kappa shape index (κ2) is 7.81. The predicted molar refractivity (Wildman–Crippen MR) is 90.7 cm³/mol. The number of methoxy groups -OCH3 is 1. The third kappa shape index (κ3) is 4.66. The molecule has 0 aliphatic carbocycles. The Kier molecular flexibility index (Phi) is 5.48. The van der Waals surface area contributed by atoms with E-state index in [1.54, 1.807) is 0 Å². The second-order valence-corrected chi connectivity index (χ2v) is 6.08. The number of esters is 1. The number of anilines is 1. The fourth-order valence-corrected chi connectivity index (χ4v) is 2.85. The van der Waals surface area contributed by atoms with Gasteiger partial charge in [0.25, 0.3) is 0 Å². The van der Waals surface area contributed by atoms with Crippen LogP contribution in [-0.4, -0.2) is 42.2 Å². The second-order valence-electron chi connectivity index (χ2n) is 6.08. The van der Waals surface area contributed by atoms with E-state index in [-0.39, 0.29) is 11.8 Å². The van der Waals surface area contributed by atoms with Gasteiger partial charge in [-0.25, -0.2) is 14.8 Å². The first-order valence-corrected chi connectivity index (χ1v) is 8.36. The number of rotatable bonds is 4. The van der Waals surface area contributed by atoms with E-state index in [1.807, 2.05) is 4.90 Å². The first kappa shape index (κ1) is 18.9. The van der Waals surface area contributed by atoms with Crippen LogP contribution in [0.15, 0.2) is 36.7 Å². The monoisotopic (exact) mass is 381 g/mol. The van der Waals surface area contributed by atoms with E-state index in [2.05, 4.69) is 14.7 Å². The molecule has 1 aromatic heterocycles. The minimum atomic E-state index is -4.33. The number of benzene rings is 1. The largest absolute Gasteiger partial charge is 0.473 e. The molecule has 1 saturated heterocycles. The molecule has 0 N–H and O–H groups in total. The Labute approximate surface area is 153 Å². The van der Waals surface area contributed by atoms with Crippen molar-refractivity contribution in [3.05, 3.63) is 47.9 Å². The van der Waals surface area contributed by atoms with E-state index in [4.69, 9.17) is 4.74 Å². The normalized spacial score (nSPS) is 15.5. The van der Waals surface area contributed by atoms with Crippen molar-refractivity contribution >= 4 is 11.7 Å². The summed E-state index contributed by atoms with van der Waals surface area (Å²) in [6.07, 6.45) is -0.353. The number of aromatic nitrogens is 2. The fraction of sp³-hybridized carbons (Fsp3) is 0.389. The molecule has 0 bridgehead atoms. The first-order valence-electron chi connectivity index (χ1n) is 8.36. The van der Waals surface area contributed by atoms with E-state index in [0.29, 0.717) is 31.8 Å². The Hall–Kier alpha value is -2.84. The fourth-order valence-electron chi connectivity index (χ4n) is 2.85. The van der Waals surface area contributed by atoms with Crippen LogP contribution >= 0.6 is 0 Å². The van der Waals surface area contributed by atoms with Crippen molar-refractivity contribution in [2.75, 3.05) is 25.1 Å². The van der Waals surface area contributed by atoms with Gasteiger partial charge in [-0.15, -0.1) is 0 Å². The maximum absolute atomic E-state index is 12.6. The van der Waals surface area contributed by atoms with Gasteiger partial charge in [0.05, 0.1) is 25.1 Å². The van der Waals surface area contributed by atoms with Crippen molar-refractivity contribution in [1.82, 2.24) is 9.97 Å². The Balaban J connectivity index is 1.53. The summed E-state index contributed by atoms with van der Waals surface area (Å²) in [6.45, 7) is 1.31. The van der Waals surface area contributed by atoms with Gasteiger partial charge in [-0.3, -0.25) is 0 Å². The molecular weight excluding hydrogens is 363 g/mol. The standard InChI is InChI=1S/C18H18F3N3O3/c1-26-17(25)15-10-23-16(11-22-15)27-14-6-8-24(9-7-14)13-4-2-12(3-5-13)18(19,20)21/h2-5,10-11,14H,6-9H2,1H3. The van der Waals surface area contributed by atoms with E-state index in [9.17, 15) is 18.0 Å². The molecule has 1 aliphatic rings. The molecule has 2 heterocycles. The van der Waals surface area contributed by atoms with Crippen LogP contribution in [0.1, 0.15) is 28.9 Å². The summed E-state index contributed by atoms with van der Waals surface area (Å²) in [7, 11) is 1.26. The van der Waals surface area contributed by atoms with Crippen molar-refractivity contribution in [2.45, 2.75) is 25.1 Å². The summed E-state index contributed by atoms with van der Waals surface area (Å²) in [5.74, 6) is -0.255. The van der Waals surface area contributed by atoms with E-state index in [1.165, 1.54) is 31.6 Å². The molecule has 0 atom stereocenters. The zero-order valence-corrected chi connectivity index (χ0v) is 14.6. The maximum atomic E-state index is 12.6. The van der Waals surface area contributed by atoms with Crippen molar-refractivity contribution in [3.63, 3.8) is 0 Å². The number of piperidine rings is 1. The highest BCUT2D eigenvalue weighted by Gasteiger charge is 2.30. The lowest BCUT2D eigenvalue weighted by molar-refractivity contribution is -0.137. The van der Waals surface area contributed by atoms with Crippen molar-refractivity contribution in [2.24, 2.45) is 0 Å². The molecule has 0 radical (unpaired) electrons. The molecule has 27 heavy (non-hydrogen) atoms. The van der Waals surface area contributed by atoms with Gasteiger partial charge in [0, 0.05) is 31.6 Å². The summed E-state index contributed by atoms with van der Waals surface area (Å²) >= 11 is 0. The molecule has 0 amide bonds. The molecule has 9 heteroatoms. The number of halogens is 3. The number of nitrogens with zero attached hydrogens (tertiary/aromatic N) is 3. The third-order valence-corrected chi connectivity index (χ3v) is 4.31. The highest BCUT2D eigenvalue weighted by molar-refractivity contribution is 5.86. The van der Waals surface area contributed by atoms with Gasteiger partial charge >= 0.3 is 12.1 Å². The lowest BCUT2D eigenvalue weighted by atomic mass is 10.1. The van der Waals surface area contributed by atoms with Crippen LogP contribution in [0.2, 0.25) is 0 Å². The smallest absolute Gasteiger partial charge is 0.416 e. The average molecular weight is 381 g/mol. The van der Waals surface area contributed by atoms with Gasteiger partial charge in [0.1, 0.15) is 6.10 Å².